The first kappa shape index (κ1) is 11.1. The monoisotopic (exact) mass is 269 g/mol. The predicted molar refractivity (Wildman–Crippen MR) is 63.6 cm³/mol. The van der Waals surface area contributed by atoms with Gasteiger partial charge in [-0.25, -0.2) is 0 Å². The second-order valence-corrected chi connectivity index (χ2v) is 5.07. The van der Waals surface area contributed by atoms with Gasteiger partial charge in [0.05, 0.1) is 6.61 Å². The Morgan fingerprint density at radius 2 is 2.27 bits per heavy atom. The molecule has 0 atom stereocenters. The normalized spacial score (nSPS) is 16.3. The van der Waals surface area contributed by atoms with Crippen molar-refractivity contribution < 1.29 is 4.74 Å². The summed E-state index contributed by atoms with van der Waals surface area (Å²) in [4.78, 5) is 4.10. The molecule has 82 valence electrons. The van der Waals surface area contributed by atoms with Crippen LogP contribution in [0.5, 0.6) is 0 Å². The minimum Gasteiger partial charge on any atom is -0.377 e. The number of ether oxygens (including phenoxy) is 1. The first-order chi connectivity index (χ1) is 7.34. The SMILES string of the molecule is Brc1cncc(COCCC2CCC2)c1. The van der Waals surface area contributed by atoms with E-state index in [0.29, 0.717) is 6.61 Å². The lowest BCUT2D eigenvalue weighted by Gasteiger charge is -2.24. The van der Waals surface area contributed by atoms with Crippen molar-refractivity contribution in [3.8, 4) is 0 Å². The molecule has 0 aliphatic heterocycles. The maximum absolute atomic E-state index is 5.62. The third kappa shape index (κ3) is 3.58. The van der Waals surface area contributed by atoms with E-state index in [1.165, 1.54) is 25.7 Å². The lowest BCUT2D eigenvalue weighted by atomic mass is 9.83. The Hall–Kier alpha value is -0.410. The molecule has 1 heterocycles. The Morgan fingerprint density at radius 1 is 1.40 bits per heavy atom. The molecule has 1 aliphatic rings. The average molecular weight is 270 g/mol. The minimum absolute atomic E-state index is 0.680. The number of hydrogen-bond donors (Lipinski definition) is 0. The van der Waals surface area contributed by atoms with Crippen LogP contribution in [0.3, 0.4) is 0 Å². The topological polar surface area (TPSA) is 22.1 Å². The summed E-state index contributed by atoms with van der Waals surface area (Å²) in [6.45, 7) is 1.57. The van der Waals surface area contributed by atoms with Gasteiger partial charge in [0.2, 0.25) is 0 Å². The Kier molecular flexibility index (Phi) is 4.15. The Bertz CT molecular complexity index is 312. The van der Waals surface area contributed by atoms with Gasteiger partial charge >= 0.3 is 0 Å². The smallest absolute Gasteiger partial charge is 0.0732 e. The van der Waals surface area contributed by atoms with Crippen LogP contribution in [0, 0.1) is 5.92 Å². The molecule has 0 saturated heterocycles. The largest absolute Gasteiger partial charge is 0.377 e. The highest BCUT2D eigenvalue weighted by molar-refractivity contribution is 9.10. The quantitative estimate of drug-likeness (QED) is 0.763. The standard InChI is InChI=1S/C12H16BrNO/c13-12-6-11(7-14-8-12)9-15-5-4-10-2-1-3-10/h6-8,10H,1-5,9H2. The third-order valence-electron chi connectivity index (χ3n) is 2.93. The van der Waals surface area contributed by atoms with Gasteiger partial charge in [-0.1, -0.05) is 19.3 Å². The molecule has 0 unspecified atom stereocenters. The summed E-state index contributed by atoms with van der Waals surface area (Å²) in [5.41, 5.74) is 1.14. The van der Waals surface area contributed by atoms with Gasteiger partial charge in [0.15, 0.2) is 0 Å². The second-order valence-electron chi connectivity index (χ2n) is 4.15. The van der Waals surface area contributed by atoms with E-state index in [-0.39, 0.29) is 0 Å². The molecule has 0 N–H and O–H groups in total. The van der Waals surface area contributed by atoms with Crippen LogP contribution in [-0.4, -0.2) is 11.6 Å². The maximum atomic E-state index is 5.62. The van der Waals surface area contributed by atoms with Gasteiger partial charge in [-0.15, -0.1) is 0 Å². The van der Waals surface area contributed by atoms with Crippen molar-refractivity contribution in [2.75, 3.05) is 6.61 Å². The Labute approximate surface area is 99.2 Å². The van der Waals surface area contributed by atoms with Crippen molar-refractivity contribution in [2.24, 2.45) is 5.92 Å². The fraction of sp³-hybridized carbons (Fsp3) is 0.583. The molecule has 0 amide bonds. The number of hydrogen-bond acceptors (Lipinski definition) is 2. The van der Waals surface area contributed by atoms with Gasteiger partial charge in [0.1, 0.15) is 0 Å². The molecule has 2 rings (SSSR count). The molecule has 1 saturated carbocycles. The van der Waals surface area contributed by atoms with Crippen LogP contribution < -0.4 is 0 Å². The molecular weight excluding hydrogens is 254 g/mol. The molecule has 3 heteroatoms. The van der Waals surface area contributed by atoms with Crippen LogP contribution in [-0.2, 0) is 11.3 Å². The van der Waals surface area contributed by atoms with E-state index in [1.54, 1.807) is 6.20 Å². The van der Waals surface area contributed by atoms with Crippen LogP contribution in [0.15, 0.2) is 22.9 Å². The lowest BCUT2D eigenvalue weighted by molar-refractivity contribution is 0.0948. The zero-order valence-corrected chi connectivity index (χ0v) is 10.4. The van der Waals surface area contributed by atoms with Gasteiger partial charge in [-0.3, -0.25) is 4.98 Å². The fourth-order valence-electron chi connectivity index (χ4n) is 1.76. The summed E-state index contributed by atoms with van der Waals surface area (Å²) >= 11 is 3.40. The minimum atomic E-state index is 0.680. The number of aromatic nitrogens is 1. The summed E-state index contributed by atoms with van der Waals surface area (Å²) in [5, 5.41) is 0. The van der Waals surface area contributed by atoms with Gasteiger partial charge in [0, 0.05) is 23.5 Å². The molecule has 1 fully saturated rings. The van der Waals surface area contributed by atoms with Crippen LogP contribution >= 0.6 is 15.9 Å². The molecule has 0 radical (unpaired) electrons. The third-order valence-corrected chi connectivity index (χ3v) is 3.36. The molecule has 1 aromatic heterocycles. The molecule has 0 bridgehead atoms. The summed E-state index contributed by atoms with van der Waals surface area (Å²) < 4.78 is 6.64. The van der Waals surface area contributed by atoms with Gasteiger partial charge < -0.3 is 4.74 Å². The number of pyridine rings is 1. The highest BCUT2D eigenvalue weighted by Gasteiger charge is 2.16. The van der Waals surface area contributed by atoms with Crippen molar-refractivity contribution in [1.82, 2.24) is 4.98 Å². The first-order valence-electron chi connectivity index (χ1n) is 5.52. The van der Waals surface area contributed by atoms with E-state index in [1.807, 2.05) is 6.20 Å². The highest BCUT2D eigenvalue weighted by atomic mass is 79.9. The van der Waals surface area contributed by atoms with E-state index in [0.717, 1.165) is 22.6 Å². The second kappa shape index (κ2) is 5.61. The zero-order valence-electron chi connectivity index (χ0n) is 8.79. The highest BCUT2D eigenvalue weighted by Crippen LogP contribution is 2.29. The maximum Gasteiger partial charge on any atom is 0.0732 e. The van der Waals surface area contributed by atoms with Crippen molar-refractivity contribution >= 4 is 15.9 Å². The molecule has 2 nitrogen and oxygen atoms in total. The summed E-state index contributed by atoms with van der Waals surface area (Å²) in [7, 11) is 0. The average Bonchev–Trinajstić information content (AvgIpc) is 2.15. The van der Waals surface area contributed by atoms with Crippen molar-refractivity contribution in [3.05, 3.63) is 28.5 Å². The lowest BCUT2D eigenvalue weighted by Crippen LogP contribution is -2.13. The molecule has 1 aromatic rings. The van der Waals surface area contributed by atoms with Crippen molar-refractivity contribution in [2.45, 2.75) is 32.3 Å². The van der Waals surface area contributed by atoms with Crippen molar-refractivity contribution in [1.29, 1.82) is 0 Å². The number of nitrogens with zero attached hydrogens (tertiary/aromatic N) is 1. The fourth-order valence-corrected chi connectivity index (χ4v) is 2.17. The van der Waals surface area contributed by atoms with Gasteiger partial charge in [-0.2, -0.15) is 0 Å². The molecular formula is C12H16BrNO. The predicted octanol–water partition coefficient (Wildman–Crippen LogP) is 3.55. The number of halogens is 1. The molecule has 1 aliphatic carbocycles. The van der Waals surface area contributed by atoms with Gasteiger partial charge in [-0.05, 0) is 39.9 Å². The first-order valence-corrected chi connectivity index (χ1v) is 6.31. The zero-order chi connectivity index (χ0) is 10.5. The van der Waals surface area contributed by atoms with E-state index < -0.39 is 0 Å². The number of rotatable bonds is 5. The Balaban J connectivity index is 1.64. The van der Waals surface area contributed by atoms with Crippen LogP contribution in [0.4, 0.5) is 0 Å². The summed E-state index contributed by atoms with van der Waals surface area (Å²) in [6, 6.07) is 2.05. The van der Waals surface area contributed by atoms with Crippen LogP contribution in [0.25, 0.3) is 0 Å². The van der Waals surface area contributed by atoms with Crippen LogP contribution in [0.1, 0.15) is 31.2 Å². The van der Waals surface area contributed by atoms with Crippen LogP contribution in [0.2, 0.25) is 0 Å². The molecule has 15 heavy (non-hydrogen) atoms. The Morgan fingerprint density at radius 3 is 2.93 bits per heavy atom. The summed E-state index contributed by atoms with van der Waals surface area (Å²) in [5.74, 6) is 0.936. The van der Waals surface area contributed by atoms with E-state index >= 15 is 0 Å². The van der Waals surface area contributed by atoms with E-state index in [2.05, 4.69) is 27.0 Å². The van der Waals surface area contributed by atoms with Gasteiger partial charge in [0.25, 0.3) is 0 Å². The van der Waals surface area contributed by atoms with E-state index in [9.17, 15) is 0 Å². The molecule has 0 aromatic carbocycles. The van der Waals surface area contributed by atoms with Crippen molar-refractivity contribution in [3.63, 3.8) is 0 Å². The molecule has 0 spiro atoms. The summed E-state index contributed by atoms with van der Waals surface area (Å²) in [6.07, 6.45) is 9.09. The van der Waals surface area contributed by atoms with E-state index in [4.69, 9.17) is 4.74 Å².